The standard InChI is InChI=1S/C18H22ClNO/c1-2-16(20)13-15-9-6-10-17(19)18(15)21-12-11-14-7-4-3-5-8-14/h3-10,16H,2,11-13,20H2,1H3. The Kier molecular flexibility index (Phi) is 6.09. The molecule has 0 fully saturated rings. The second kappa shape index (κ2) is 8.06. The maximum absolute atomic E-state index is 6.27. The molecule has 0 saturated heterocycles. The van der Waals surface area contributed by atoms with Crippen LogP contribution in [-0.2, 0) is 12.8 Å². The SMILES string of the molecule is CCC(N)Cc1cccc(Cl)c1OCCc1ccccc1. The van der Waals surface area contributed by atoms with Crippen LogP contribution in [-0.4, -0.2) is 12.6 Å². The van der Waals surface area contributed by atoms with Crippen molar-refractivity contribution in [2.45, 2.75) is 32.2 Å². The van der Waals surface area contributed by atoms with E-state index in [-0.39, 0.29) is 6.04 Å². The van der Waals surface area contributed by atoms with Gasteiger partial charge >= 0.3 is 0 Å². The number of ether oxygens (including phenoxy) is 1. The third-order valence-corrected chi connectivity index (χ3v) is 3.83. The highest BCUT2D eigenvalue weighted by molar-refractivity contribution is 6.32. The molecule has 0 aliphatic heterocycles. The van der Waals surface area contributed by atoms with Crippen molar-refractivity contribution < 1.29 is 4.74 Å². The summed E-state index contributed by atoms with van der Waals surface area (Å²) < 4.78 is 5.93. The molecule has 3 heteroatoms. The van der Waals surface area contributed by atoms with Crippen molar-refractivity contribution in [1.29, 1.82) is 0 Å². The quantitative estimate of drug-likeness (QED) is 0.830. The van der Waals surface area contributed by atoms with Gasteiger partial charge in [0.25, 0.3) is 0 Å². The number of rotatable bonds is 7. The molecule has 0 aliphatic carbocycles. The van der Waals surface area contributed by atoms with Crippen molar-refractivity contribution in [1.82, 2.24) is 0 Å². The van der Waals surface area contributed by atoms with E-state index >= 15 is 0 Å². The Hall–Kier alpha value is -1.51. The van der Waals surface area contributed by atoms with Gasteiger partial charge in [0.05, 0.1) is 11.6 Å². The summed E-state index contributed by atoms with van der Waals surface area (Å²) in [5, 5.41) is 0.656. The third kappa shape index (κ3) is 4.76. The third-order valence-electron chi connectivity index (χ3n) is 3.53. The highest BCUT2D eigenvalue weighted by atomic mass is 35.5. The van der Waals surface area contributed by atoms with E-state index in [0.29, 0.717) is 11.6 Å². The zero-order valence-corrected chi connectivity index (χ0v) is 13.1. The molecule has 2 rings (SSSR count). The van der Waals surface area contributed by atoms with Crippen LogP contribution in [0.4, 0.5) is 0 Å². The zero-order valence-electron chi connectivity index (χ0n) is 12.4. The van der Waals surface area contributed by atoms with Gasteiger partial charge in [-0.2, -0.15) is 0 Å². The van der Waals surface area contributed by atoms with E-state index in [2.05, 4.69) is 19.1 Å². The lowest BCUT2D eigenvalue weighted by Crippen LogP contribution is -2.21. The Morgan fingerprint density at radius 1 is 1.10 bits per heavy atom. The number of hydrogen-bond acceptors (Lipinski definition) is 2. The summed E-state index contributed by atoms with van der Waals surface area (Å²) in [5.74, 6) is 0.777. The fourth-order valence-electron chi connectivity index (χ4n) is 2.22. The molecule has 2 aromatic carbocycles. The van der Waals surface area contributed by atoms with Crippen LogP contribution in [0.2, 0.25) is 5.02 Å². The van der Waals surface area contributed by atoms with Crippen LogP contribution in [0, 0.1) is 0 Å². The molecule has 2 N–H and O–H groups in total. The number of nitrogens with two attached hydrogens (primary N) is 1. The van der Waals surface area contributed by atoms with Crippen molar-refractivity contribution >= 4 is 11.6 Å². The topological polar surface area (TPSA) is 35.2 Å². The Morgan fingerprint density at radius 3 is 2.57 bits per heavy atom. The van der Waals surface area contributed by atoms with Crippen LogP contribution in [0.15, 0.2) is 48.5 Å². The second-order valence-electron chi connectivity index (χ2n) is 5.18. The van der Waals surface area contributed by atoms with Gasteiger partial charge in [-0.15, -0.1) is 0 Å². The summed E-state index contributed by atoms with van der Waals surface area (Å²) >= 11 is 6.27. The van der Waals surface area contributed by atoms with Gasteiger partial charge in [0.1, 0.15) is 5.75 Å². The van der Waals surface area contributed by atoms with Crippen molar-refractivity contribution in [3.63, 3.8) is 0 Å². The summed E-state index contributed by atoms with van der Waals surface area (Å²) in [6, 6.07) is 16.3. The first-order chi connectivity index (χ1) is 10.2. The lowest BCUT2D eigenvalue weighted by atomic mass is 10.0. The summed E-state index contributed by atoms with van der Waals surface area (Å²) in [4.78, 5) is 0. The maximum Gasteiger partial charge on any atom is 0.141 e. The highest BCUT2D eigenvalue weighted by Crippen LogP contribution is 2.29. The largest absolute Gasteiger partial charge is 0.491 e. The van der Waals surface area contributed by atoms with Crippen molar-refractivity contribution in [3.05, 3.63) is 64.7 Å². The van der Waals surface area contributed by atoms with Crippen LogP contribution in [0.1, 0.15) is 24.5 Å². The molecular weight excluding hydrogens is 282 g/mol. The van der Waals surface area contributed by atoms with Crippen LogP contribution in [0.3, 0.4) is 0 Å². The lowest BCUT2D eigenvalue weighted by Gasteiger charge is -2.15. The minimum absolute atomic E-state index is 0.139. The first-order valence-corrected chi connectivity index (χ1v) is 7.78. The maximum atomic E-state index is 6.27. The second-order valence-corrected chi connectivity index (χ2v) is 5.59. The number of benzene rings is 2. The summed E-state index contributed by atoms with van der Waals surface area (Å²) in [7, 11) is 0. The number of hydrogen-bond donors (Lipinski definition) is 1. The Morgan fingerprint density at radius 2 is 1.86 bits per heavy atom. The smallest absolute Gasteiger partial charge is 0.141 e. The molecule has 0 radical (unpaired) electrons. The molecule has 0 saturated carbocycles. The molecule has 2 aromatic rings. The Balaban J connectivity index is 2.01. The fraction of sp³-hybridized carbons (Fsp3) is 0.333. The zero-order chi connectivity index (χ0) is 15.1. The van der Waals surface area contributed by atoms with E-state index in [1.807, 2.05) is 36.4 Å². The van der Waals surface area contributed by atoms with Gasteiger partial charge in [0, 0.05) is 12.5 Å². The van der Waals surface area contributed by atoms with Gasteiger partial charge in [-0.3, -0.25) is 0 Å². The van der Waals surface area contributed by atoms with Crippen molar-refractivity contribution in [2.75, 3.05) is 6.61 Å². The summed E-state index contributed by atoms with van der Waals surface area (Å²) in [6.45, 7) is 2.70. The lowest BCUT2D eigenvalue weighted by molar-refractivity contribution is 0.318. The molecule has 0 amide bonds. The molecule has 21 heavy (non-hydrogen) atoms. The molecule has 1 atom stereocenters. The van der Waals surface area contributed by atoms with Crippen molar-refractivity contribution in [3.8, 4) is 5.75 Å². The fourth-order valence-corrected chi connectivity index (χ4v) is 2.47. The summed E-state index contributed by atoms with van der Waals surface area (Å²) in [6.07, 6.45) is 2.60. The molecule has 0 bridgehead atoms. The Labute approximate surface area is 131 Å². The van der Waals surface area contributed by atoms with Crippen LogP contribution < -0.4 is 10.5 Å². The molecule has 0 spiro atoms. The normalized spacial score (nSPS) is 12.1. The van der Waals surface area contributed by atoms with Gasteiger partial charge in [0.15, 0.2) is 0 Å². The van der Waals surface area contributed by atoms with Crippen molar-refractivity contribution in [2.24, 2.45) is 5.73 Å². The highest BCUT2D eigenvalue weighted by Gasteiger charge is 2.11. The van der Waals surface area contributed by atoms with E-state index in [1.54, 1.807) is 0 Å². The first kappa shape index (κ1) is 15.9. The van der Waals surface area contributed by atoms with Gasteiger partial charge in [0.2, 0.25) is 0 Å². The van der Waals surface area contributed by atoms with E-state index in [9.17, 15) is 0 Å². The molecule has 1 unspecified atom stereocenters. The average molecular weight is 304 g/mol. The summed E-state index contributed by atoms with van der Waals surface area (Å²) in [5.41, 5.74) is 8.39. The van der Waals surface area contributed by atoms with E-state index in [0.717, 1.165) is 30.6 Å². The molecule has 0 aromatic heterocycles. The van der Waals surface area contributed by atoms with Crippen LogP contribution in [0.25, 0.3) is 0 Å². The molecular formula is C18H22ClNO. The molecule has 0 heterocycles. The van der Waals surface area contributed by atoms with E-state index in [4.69, 9.17) is 22.1 Å². The van der Waals surface area contributed by atoms with E-state index < -0.39 is 0 Å². The van der Waals surface area contributed by atoms with Gasteiger partial charge in [-0.1, -0.05) is 61.0 Å². The minimum atomic E-state index is 0.139. The van der Waals surface area contributed by atoms with Crippen LogP contribution in [0.5, 0.6) is 5.75 Å². The monoisotopic (exact) mass is 303 g/mol. The van der Waals surface area contributed by atoms with Gasteiger partial charge < -0.3 is 10.5 Å². The molecule has 112 valence electrons. The average Bonchev–Trinajstić information content (AvgIpc) is 2.51. The van der Waals surface area contributed by atoms with E-state index in [1.165, 1.54) is 5.56 Å². The number of halogens is 1. The van der Waals surface area contributed by atoms with Crippen LogP contribution >= 0.6 is 11.6 Å². The predicted octanol–water partition coefficient (Wildman–Crippen LogP) is 4.24. The van der Waals surface area contributed by atoms with Gasteiger partial charge in [-0.05, 0) is 30.0 Å². The van der Waals surface area contributed by atoms with Gasteiger partial charge in [-0.25, -0.2) is 0 Å². The molecule has 2 nitrogen and oxygen atoms in total. The predicted molar refractivity (Wildman–Crippen MR) is 89.1 cm³/mol. The Bertz CT molecular complexity index is 556. The minimum Gasteiger partial charge on any atom is -0.491 e. The molecule has 0 aliphatic rings. The first-order valence-electron chi connectivity index (χ1n) is 7.40. The number of para-hydroxylation sites is 1.